The van der Waals surface area contributed by atoms with E-state index in [4.69, 9.17) is 4.74 Å². The molecule has 2 rings (SSSR count). The predicted octanol–water partition coefficient (Wildman–Crippen LogP) is 0.503. The van der Waals surface area contributed by atoms with Crippen molar-refractivity contribution in [1.82, 2.24) is 25.2 Å². The summed E-state index contributed by atoms with van der Waals surface area (Å²) in [5.74, 6) is -0.387. The fourth-order valence-corrected chi connectivity index (χ4v) is 2.81. The average Bonchev–Trinajstić information content (AvgIpc) is 3.06. The zero-order valence-corrected chi connectivity index (χ0v) is 13.6. The van der Waals surface area contributed by atoms with Gasteiger partial charge in [-0.05, 0) is 17.4 Å². The third-order valence-electron chi connectivity index (χ3n) is 2.34. The van der Waals surface area contributed by atoms with E-state index in [1.807, 2.05) is 0 Å². The van der Waals surface area contributed by atoms with Gasteiger partial charge in [0.2, 0.25) is 11.1 Å². The number of tetrazole rings is 1. The van der Waals surface area contributed by atoms with E-state index in [-0.39, 0.29) is 24.1 Å². The lowest BCUT2D eigenvalue weighted by Crippen LogP contribution is -2.14. The molecule has 0 fully saturated rings. The van der Waals surface area contributed by atoms with Crippen LogP contribution >= 0.6 is 23.1 Å². The number of ether oxygens (including phenoxy) is 1. The molecule has 11 heteroatoms. The molecule has 0 bridgehead atoms. The normalized spacial score (nSPS) is 10.5. The Hall–Kier alpha value is -2.01. The van der Waals surface area contributed by atoms with Crippen LogP contribution in [0.1, 0.15) is 12.6 Å². The number of aromatic nitrogens is 5. The van der Waals surface area contributed by atoms with E-state index in [1.54, 1.807) is 19.4 Å². The molecule has 2 aromatic rings. The van der Waals surface area contributed by atoms with Crippen molar-refractivity contribution in [1.29, 1.82) is 0 Å². The molecular formula is C11H14N6O3S2. The molecule has 2 heterocycles. The van der Waals surface area contributed by atoms with Gasteiger partial charge in [0.15, 0.2) is 5.13 Å². The molecule has 2 aromatic heterocycles. The molecule has 22 heavy (non-hydrogen) atoms. The van der Waals surface area contributed by atoms with Crippen LogP contribution in [0.2, 0.25) is 0 Å². The van der Waals surface area contributed by atoms with Crippen LogP contribution in [0.25, 0.3) is 0 Å². The van der Waals surface area contributed by atoms with Gasteiger partial charge >= 0.3 is 5.97 Å². The van der Waals surface area contributed by atoms with Crippen LogP contribution in [0.3, 0.4) is 0 Å². The lowest BCUT2D eigenvalue weighted by Gasteiger charge is -2.01. The topological polar surface area (TPSA) is 112 Å². The molecule has 0 aliphatic carbocycles. The van der Waals surface area contributed by atoms with Gasteiger partial charge in [0.05, 0.1) is 24.5 Å². The monoisotopic (exact) mass is 342 g/mol. The SMILES string of the molecule is CCOC(=O)Cc1csc(NC(=O)CSc2nnnn2C)n1. The smallest absolute Gasteiger partial charge is 0.311 e. The van der Waals surface area contributed by atoms with Gasteiger partial charge in [-0.3, -0.25) is 9.59 Å². The highest BCUT2D eigenvalue weighted by Gasteiger charge is 2.12. The third kappa shape index (κ3) is 4.77. The van der Waals surface area contributed by atoms with Crippen molar-refractivity contribution in [3.63, 3.8) is 0 Å². The molecule has 118 valence electrons. The number of rotatable bonds is 7. The number of esters is 1. The van der Waals surface area contributed by atoms with Crippen LogP contribution in [0, 0.1) is 0 Å². The molecule has 0 atom stereocenters. The van der Waals surface area contributed by atoms with Gasteiger partial charge in [0.1, 0.15) is 0 Å². The van der Waals surface area contributed by atoms with Crippen LogP contribution in [0.4, 0.5) is 5.13 Å². The maximum absolute atomic E-state index is 11.8. The molecule has 0 radical (unpaired) electrons. The molecule has 0 spiro atoms. The second-order valence-electron chi connectivity index (χ2n) is 4.05. The summed E-state index contributed by atoms with van der Waals surface area (Å²) in [4.78, 5) is 27.3. The molecule has 0 aliphatic rings. The van der Waals surface area contributed by atoms with Crippen LogP contribution in [0.15, 0.2) is 10.5 Å². The van der Waals surface area contributed by atoms with Crippen molar-refractivity contribution in [3.8, 4) is 0 Å². The lowest BCUT2D eigenvalue weighted by atomic mass is 10.3. The van der Waals surface area contributed by atoms with Gasteiger partial charge in [0, 0.05) is 12.4 Å². The van der Waals surface area contributed by atoms with E-state index in [1.165, 1.54) is 27.8 Å². The van der Waals surface area contributed by atoms with Crippen molar-refractivity contribution in [2.24, 2.45) is 7.05 Å². The summed E-state index contributed by atoms with van der Waals surface area (Å²) in [6.45, 7) is 2.08. The first-order valence-corrected chi connectivity index (χ1v) is 8.20. The Morgan fingerprint density at radius 1 is 1.50 bits per heavy atom. The minimum atomic E-state index is -0.337. The number of amides is 1. The summed E-state index contributed by atoms with van der Waals surface area (Å²) in [6, 6.07) is 0. The quantitative estimate of drug-likeness (QED) is 0.572. The Labute approximate surface area is 134 Å². The van der Waals surface area contributed by atoms with Crippen molar-refractivity contribution in [2.75, 3.05) is 17.7 Å². The van der Waals surface area contributed by atoms with Crippen LogP contribution in [-0.2, 0) is 27.8 Å². The van der Waals surface area contributed by atoms with E-state index in [9.17, 15) is 9.59 Å². The highest BCUT2D eigenvalue weighted by Crippen LogP contribution is 2.18. The summed E-state index contributed by atoms with van der Waals surface area (Å²) in [6.07, 6.45) is 0.0968. The maximum Gasteiger partial charge on any atom is 0.311 e. The molecule has 1 N–H and O–H groups in total. The van der Waals surface area contributed by atoms with Crippen molar-refractivity contribution < 1.29 is 14.3 Å². The van der Waals surface area contributed by atoms with E-state index in [0.717, 1.165) is 0 Å². The number of thiazole rings is 1. The summed E-state index contributed by atoms with van der Waals surface area (Å²) in [5.41, 5.74) is 0.573. The molecule has 0 unspecified atom stereocenters. The summed E-state index contributed by atoms with van der Waals surface area (Å²) in [7, 11) is 1.70. The van der Waals surface area contributed by atoms with Crippen LogP contribution < -0.4 is 5.32 Å². The molecule has 9 nitrogen and oxygen atoms in total. The number of nitrogens with one attached hydrogen (secondary N) is 1. The number of hydrogen-bond acceptors (Lipinski definition) is 9. The largest absolute Gasteiger partial charge is 0.466 e. The Morgan fingerprint density at radius 3 is 3.00 bits per heavy atom. The Morgan fingerprint density at radius 2 is 2.32 bits per heavy atom. The van der Waals surface area contributed by atoms with Crippen molar-refractivity contribution in [2.45, 2.75) is 18.5 Å². The number of anilines is 1. The van der Waals surface area contributed by atoms with Gasteiger partial charge in [0.25, 0.3) is 0 Å². The van der Waals surface area contributed by atoms with E-state index in [0.29, 0.717) is 22.6 Å². The Bertz CT molecular complexity index is 656. The van der Waals surface area contributed by atoms with Crippen LogP contribution in [-0.4, -0.2) is 49.4 Å². The second kappa shape index (κ2) is 7.84. The number of nitrogens with zero attached hydrogens (tertiary/aromatic N) is 5. The highest BCUT2D eigenvalue weighted by atomic mass is 32.2. The van der Waals surface area contributed by atoms with Gasteiger partial charge in [-0.15, -0.1) is 16.4 Å². The highest BCUT2D eigenvalue weighted by molar-refractivity contribution is 7.99. The molecule has 0 aliphatic heterocycles. The number of aryl methyl sites for hydroxylation is 1. The first-order chi connectivity index (χ1) is 10.6. The predicted molar refractivity (Wildman–Crippen MR) is 80.6 cm³/mol. The van der Waals surface area contributed by atoms with Crippen LogP contribution in [0.5, 0.6) is 0 Å². The minimum absolute atomic E-state index is 0.0968. The number of carbonyl (C=O) groups is 2. The van der Waals surface area contributed by atoms with Gasteiger partial charge in [-0.25, -0.2) is 9.67 Å². The zero-order chi connectivity index (χ0) is 15.9. The number of hydrogen-bond donors (Lipinski definition) is 1. The first kappa shape index (κ1) is 16.4. The molecule has 0 saturated heterocycles. The minimum Gasteiger partial charge on any atom is -0.466 e. The first-order valence-electron chi connectivity index (χ1n) is 6.33. The van der Waals surface area contributed by atoms with Crippen molar-refractivity contribution in [3.05, 3.63) is 11.1 Å². The van der Waals surface area contributed by atoms with E-state index in [2.05, 4.69) is 25.8 Å². The molecule has 1 amide bonds. The average molecular weight is 342 g/mol. The molecule has 0 aromatic carbocycles. The van der Waals surface area contributed by atoms with Gasteiger partial charge in [-0.2, -0.15) is 0 Å². The maximum atomic E-state index is 11.8. The van der Waals surface area contributed by atoms with Gasteiger partial charge in [-0.1, -0.05) is 11.8 Å². The number of carbonyl (C=O) groups excluding carboxylic acids is 2. The van der Waals surface area contributed by atoms with E-state index < -0.39 is 0 Å². The van der Waals surface area contributed by atoms with E-state index >= 15 is 0 Å². The fraction of sp³-hybridized carbons (Fsp3) is 0.455. The summed E-state index contributed by atoms with van der Waals surface area (Å²) in [5, 5.41) is 16.3. The molecule has 0 saturated carbocycles. The number of thioether (sulfide) groups is 1. The fourth-order valence-electron chi connectivity index (χ4n) is 1.43. The standard InChI is InChI=1S/C11H14N6O3S2/c1-3-20-9(19)4-7-5-21-10(12-7)13-8(18)6-22-11-14-15-16-17(11)2/h5H,3-4,6H2,1-2H3,(H,12,13,18). The summed E-state index contributed by atoms with van der Waals surface area (Å²) >= 11 is 2.48. The Kier molecular flexibility index (Phi) is 5.83. The van der Waals surface area contributed by atoms with Gasteiger partial charge < -0.3 is 10.1 Å². The Balaban J connectivity index is 1.80. The lowest BCUT2D eigenvalue weighted by molar-refractivity contribution is -0.142. The zero-order valence-electron chi connectivity index (χ0n) is 12.0. The van der Waals surface area contributed by atoms with Crippen molar-refractivity contribution >= 4 is 40.1 Å². The molecular weight excluding hydrogens is 328 g/mol. The summed E-state index contributed by atoms with van der Waals surface area (Å²) < 4.78 is 6.33. The second-order valence-corrected chi connectivity index (χ2v) is 5.85. The third-order valence-corrected chi connectivity index (χ3v) is 4.16.